The second-order valence-electron chi connectivity index (χ2n) is 5.61. The van der Waals surface area contributed by atoms with Gasteiger partial charge < -0.3 is 5.32 Å². The molecule has 0 unspecified atom stereocenters. The van der Waals surface area contributed by atoms with Crippen molar-refractivity contribution in [3.8, 4) is 0 Å². The van der Waals surface area contributed by atoms with E-state index in [4.69, 9.17) is 0 Å². The van der Waals surface area contributed by atoms with Crippen molar-refractivity contribution in [1.82, 2.24) is 21.2 Å². The van der Waals surface area contributed by atoms with Gasteiger partial charge in [0.25, 0.3) is 5.91 Å². The third kappa shape index (κ3) is 5.72. The zero-order valence-electron chi connectivity index (χ0n) is 14.1. The summed E-state index contributed by atoms with van der Waals surface area (Å²) in [6.45, 7) is 3.35. The van der Waals surface area contributed by atoms with E-state index in [1.54, 1.807) is 18.3 Å². The second kappa shape index (κ2) is 8.58. The minimum Gasteiger partial charge on any atom is -0.349 e. The Hall–Kier alpha value is -3.22. The van der Waals surface area contributed by atoms with Gasteiger partial charge in [-0.3, -0.25) is 30.2 Å². The van der Waals surface area contributed by atoms with Crippen LogP contribution in [0.2, 0.25) is 0 Å². The molecule has 0 spiro atoms. The van der Waals surface area contributed by atoms with Crippen molar-refractivity contribution in [2.45, 2.75) is 26.3 Å². The van der Waals surface area contributed by atoms with Crippen molar-refractivity contribution in [2.75, 3.05) is 0 Å². The lowest BCUT2D eigenvalue weighted by Crippen LogP contribution is -2.43. The number of carbonyl (C=O) groups excluding carboxylic acids is 3. The van der Waals surface area contributed by atoms with E-state index in [-0.39, 0.29) is 12.3 Å². The third-order valence-electron chi connectivity index (χ3n) is 3.49. The Morgan fingerprint density at radius 3 is 2.40 bits per heavy atom. The highest BCUT2D eigenvalue weighted by atomic mass is 16.2. The van der Waals surface area contributed by atoms with Crippen molar-refractivity contribution in [3.63, 3.8) is 0 Å². The second-order valence-corrected chi connectivity index (χ2v) is 5.61. The Morgan fingerprint density at radius 2 is 1.80 bits per heavy atom. The summed E-state index contributed by atoms with van der Waals surface area (Å²) in [5.74, 6) is -1.12. The summed E-state index contributed by atoms with van der Waals surface area (Å²) in [5.41, 5.74) is 6.90. The smallest absolute Gasteiger partial charge is 0.271 e. The highest BCUT2D eigenvalue weighted by Gasteiger charge is 2.17. The maximum atomic E-state index is 12.1. The van der Waals surface area contributed by atoms with Gasteiger partial charge in [-0.2, -0.15) is 0 Å². The molecular formula is C18H20N4O3. The fourth-order valence-electron chi connectivity index (χ4n) is 2.23. The summed E-state index contributed by atoms with van der Waals surface area (Å²) in [7, 11) is 0. The molecule has 1 heterocycles. The largest absolute Gasteiger partial charge is 0.349 e. The number of pyridine rings is 1. The first-order valence-corrected chi connectivity index (χ1v) is 7.78. The van der Waals surface area contributed by atoms with E-state index in [1.165, 1.54) is 13.1 Å². The average molecular weight is 340 g/mol. The molecule has 1 atom stereocenters. The standard InChI is InChI=1S/C18H20N4O3/c1-12-5-7-14(8-6-12)16(20-13(2)23)10-17(24)21-22-18(25)15-4-3-9-19-11-15/h3-9,11,16H,10H2,1-2H3,(H,20,23)(H,21,24)(H,22,25)/t16-/m1/s1. The van der Waals surface area contributed by atoms with Crippen molar-refractivity contribution in [2.24, 2.45) is 0 Å². The van der Waals surface area contributed by atoms with Crippen molar-refractivity contribution in [3.05, 3.63) is 65.5 Å². The average Bonchev–Trinajstić information content (AvgIpc) is 2.60. The minimum absolute atomic E-state index is 0.00401. The summed E-state index contributed by atoms with van der Waals surface area (Å²) in [4.78, 5) is 39.2. The van der Waals surface area contributed by atoms with Crippen molar-refractivity contribution >= 4 is 17.7 Å². The number of nitrogens with one attached hydrogen (secondary N) is 3. The van der Waals surface area contributed by atoms with Gasteiger partial charge in [-0.15, -0.1) is 0 Å². The van der Waals surface area contributed by atoms with Gasteiger partial charge in [0.2, 0.25) is 11.8 Å². The molecule has 7 heteroatoms. The SMILES string of the molecule is CC(=O)N[C@H](CC(=O)NNC(=O)c1cccnc1)c1ccc(C)cc1. The molecule has 0 bridgehead atoms. The highest BCUT2D eigenvalue weighted by Crippen LogP contribution is 2.17. The number of hydrogen-bond donors (Lipinski definition) is 3. The predicted molar refractivity (Wildman–Crippen MR) is 92.2 cm³/mol. The van der Waals surface area contributed by atoms with Gasteiger partial charge in [-0.1, -0.05) is 29.8 Å². The summed E-state index contributed by atoms with van der Waals surface area (Å²) in [5, 5.41) is 2.74. The first-order chi connectivity index (χ1) is 12.0. The van der Waals surface area contributed by atoms with Crippen LogP contribution in [-0.2, 0) is 9.59 Å². The molecule has 25 heavy (non-hydrogen) atoms. The van der Waals surface area contributed by atoms with Crippen LogP contribution >= 0.6 is 0 Å². The number of aromatic nitrogens is 1. The Morgan fingerprint density at radius 1 is 1.08 bits per heavy atom. The predicted octanol–water partition coefficient (Wildman–Crippen LogP) is 1.42. The van der Waals surface area contributed by atoms with E-state index < -0.39 is 17.9 Å². The lowest BCUT2D eigenvalue weighted by molar-refractivity contribution is -0.123. The quantitative estimate of drug-likeness (QED) is 0.717. The molecular weight excluding hydrogens is 320 g/mol. The Balaban J connectivity index is 1.96. The van der Waals surface area contributed by atoms with Crippen molar-refractivity contribution < 1.29 is 14.4 Å². The van der Waals surface area contributed by atoms with Gasteiger partial charge in [0, 0.05) is 19.3 Å². The first-order valence-electron chi connectivity index (χ1n) is 7.78. The molecule has 0 aliphatic rings. The van der Waals surface area contributed by atoms with Gasteiger partial charge in [0.15, 0.2) is 0 Å². The minimum atomic E-state index is -0.478. The van der Waals surface area contributed by atoms with Gasteiger partial charge in [-0.05, 0) is 24.6 Å². The fourth-order valence-corrected chi connectivity index (χ4v) is 2.23. The number of hydrazine groups is 1. The number of nitrogens with zero attached hydrogens (tertiary/aromatic N) is 1. The Bertz CT molecular complexity index is 745. The van der Waals surface area contributed by atoms with E-state index in [9.17, 15) is 14.4 Å². The molecule has 1 aromatic carbocycles. The van der Waals surface area contributed by atoms with Gasteiger partial charge in [0.1, 0.15) is 0 Å². The van der Waals surface area contributed by atoms with Gasteiger partial charge >= 0.3 is 0 Å². The molecule has 0 aliphatic carbocycles. The molecule has 130 valence electrons. The summed E-state index contributed by atoms with van der Waals surface area (Å²) >= 11 is 0. The van der Waals surface area contributed by atoms with Crippen LogP contribution in [-0.4, -0.2) is 22.7 Å². The summed E-state index contributed by atoms with van der Waals surface area (Å²) in [6, 6.07) is 10.3. The zero-order valence-corrected chi connectivity index (χ0v) is 14.1. The molecule has 7 nitrogen and oxygen atoms in total. The van der Waals surface area contributed by atoms with Crippen LogP contribution in [0.5, 0.6) is 0 Å². The van der Waals surface area contributed by atoms with E-state index >= 15 is 0 Å². The van der Waals surface area contributed by atoms with Crippen LogP contribution < -0.4 is 16.2 Å². The van der Waals surface area contributed by atoms with E-state index in [0.29, 0.717) is 5.56 Å². The van der Waals surface area contributed by atoms with Crippen LogP contribution in [0.1, 0.15) is 40.9 Å². The van der Waals surface area contributed by atoms with E-state index in [2.05, 4.69) is 21.2 Å². The number of aryl methyl sites for hydroxylation is 1. The molecule has 0 saturated heterocycles. The maximum Gasteiger partial charge on any atom is 0.271 e. The molecule has 0 saturated carbocycles. The number of amides is 3. The lowest BCUT2D eigenvalue weighted by Gasteiger charge is -2.18. The zero-order chi connectivity index (χ0) is 18.2. The number of carbonyl (C=O) groups is 3. The lowest BCUT2D eigenvalue weighted by atomic mass is 10.0. The molecule has 2 rings (SSSR count). The first kappa shape index (κ1) is 18.1. The van der Waals surface area contributed by atoms with Gasteiger partial charge in [-0.25, -0.2) is 0 Å². The maximum absolute atomic E-state index is 12.1. The summed E-state index contributed by atoms with van der Waals surface area (Å²) < 4.78 is 0. The summed E-state index contributed by atoms with van der Waals surface area (Å²) in [6.07, 6.45) is 2.94. The molecule has 3 N–H and O–H groups in total. The normalized spacial score (nSPS) is 11.3. The Labute approximate surface area is 145 Å². The van der Waals surface area contributed by atoms with Gasteiger partial charge in [0.05, 0.1) is 18.0 Å². The number of hydrogen-bond acceptors (Lipinski definition) is 4. The fraction of sp³-hybridized carbons (Fsp3) is 0.222. The topological polar surface area (TPSA) is 100 Å². The van der Waals surface area contributed by atoms with E-state index in [1.807, 2.05) is 31.2 Å². The number of benzene rings is 1. The van der Waals surface area contributed by atoms with Crippen LogP contribution in [0.4, 0.5) is 0 Å². The molecule has 0 aliphatic heterocycles. The number of rotatable bonds is 5. The molecule has 3 amide bonds. The molecule has 1 aromatic heterocycles. The monoisotopic (exact) mass is 340 g/mol. The van der Waals surface area contributed by atoms with Crippen LogP contribution in [0, 0.1) is 6.92 Å². The van der Waals surface area contributed by atoms with E-state index in [0.717, 1.165) is 11.1 Å². The molecule has 0 radical (unpaired) electrons. The van der Waals surface area contributed by atoms with Crippen LogP contribution in [0.25, 0.3) is 0 Å². The van der Waals surface area contributed by atoms with Crippen LogP contribution in [0.3, 0.4) is 0 Å². The Kier molecular flexibility index (Phi) is 6.22. The highest BCUT2D eigenvalue weighted by molar-refractivity contribution is 5.95. The van der Waals surface area contributed by atoms with Crippen molar-refractivity contribution in [1.29, 1.82) is 0 Å². The third-order valence-corrected chi connectivity index (χ3v) is 3.49. The molecule has 0 fully saturated rings. The molecule has 2 aromatic rings. The van der Waals surface area contributed by atoms with Crippen LogP contribution in [0.15, 0.2) is 48.8 Å².